The molecule has 0 radical (unpaired) electrons. The summed E-state index contributed by atoms with van der Waals surface area (Å²) in [5.74, 6) is -2.09. The second-order valence-electron chi connectivity index (χ2n) is 3.49. The Hall–Kier alpha value is -2.66. The number of urea groups is 1. The summed E-state index contributed by atoms with van der Waals surface area (Å²) < 4.78 is 12.8. The SMILES string of the molecule is N#Cc1cc(F)ccc1NC(=O)NC[C@H](O)C(=O)O. The summed E-state index contributed by atoms with van der Waals surface area (Å²) in [6.07, 6.45) is -1.73. The maximum Gasteiger partial charge on any atom is 0.334 e. The summed E-state index contributed by atoms with van der Waals surface area (Å²) >= 11 is 0. The van der Waals surface area contributed by atoms with Crippen molar-refractivity contribution in [2.45, 2.75) is 6.10 Å². The van der Waals surface area contributed by atoms with E-state index in [9.17, 15) is 14.0 Å². The monoisotopic (exact) mass is 267 g/mol. The second-order valence-corrected chi connectivity index (χ2v) is 3.49. The Labute approximate surface area is 107 Å². The van der Waals surface area contributed by atoms with E-state index in [-0.39, 0.29) is 11.3 Å². The number of benzene rings is 1. The molecule has 0 heterocycles. The molecule has 4 N–H and O–H groups in total. The molecule has 0 aliphatic rings. The quantitative estimate of drug-likeness (QED) is 0.623. The number of aliphatic carboxylic acids is 1. The van der Waals surface area contributed by atoms with Gasteiger partial charge in [-0.3, -0.25) is 0 Å². The fraction of sp³-hybridized carbons (Fsp3) is 0.182. The van der Waals surface area contributed by atoms with Crippen LogP contribution in [0.1, 0.15) is 5.56 Å². The Kier molecular flexibility index (Phi) is 4.79. The van der Waals surface area contributed by atoms with Gasteiger partial charge in [-0.1, -0.05) is 0 Å². The van der Waals surface area contributed by atoms with Gasteiger partial charge in [0.1, 0.15) is 11.9 Å². The van der Waals surface area contributed by atoms with Crippen LogP contribution in [0.3, 0.4) is 0 Å². The number of aliphatic hydroxyl groups is 1. The summed E-state index contributed by atoms with van der Waals surface area (Å²) in [6.45, 7) is -0.496. The van der Waals surface area contributed by atoms with Crippen molar-refractivity contribution in [3.8, 4) is 6.07 Å². The van der Waals surface area contributed by atoms with Gasteiger partial charge in [-0.15, -0.1) is 0 Å². The van der Waals surface area contributed by atoms with Crippen LogP contribution < -0.4 is 10.6 Å². The van der Waals surface area contributed by atoms with Gasteiger partial charge in [0, 0.05) is 0 Å². The van der Waals surface area contributed by atoms with E-state index in [0.717, 1.165) is 12.1 Å². The van der Waals surface area contributed by atoms with Crippen LogP contribution in [-0.2, 0) is 4.79 Å². The molecule has 7 nitrogen and oxygen atoms in total. The number of carboxylic acids is 1. The Morgan fingerprint density at radius 1 is 1.47 bits per heavy atom. The minimum absolute atomic E-state index is 0.0751. The number of anilines is 1. The number of carbonyl (C=O) groups is 2. The van der Waals surface area contributed by atoms with Crippen molar-refractivity contribution >= 4 is 17.7 Å². The number of carbonyl (C=O) groups excluding carboxylic acids is 1. The van der Waals surface area contributed by atoms with E-state index in [1.54, 1.807) is 6.07 Å². The molecule has 19 heavy (non-hydrogen) atoms. The minimum atomic E-state index is -1.73. The summed E-state index contributed by atoms with van der Waals surface area (Å²) in [6, 6.07) is 4.08. The molecule has 1 aromatic carbocycles. The van der Waals surface area contributed by atoms with E-state index in [1.165, 1.54) is 6.07 Å². The largest absolute Gasteiger partial charge is 0.479 e. The van der Waals surface area contributed by atoms with Gasteiger partial charge in [0.25, 0.3) is 0 Å². The molecule has 100 valence electrons. The van der Waals surface area contributed by atoms with Crippen molar-refractivity contribution < 1.29 is 24.2 Å². The lowest BCUT2D eigenvalue weighted by Crippen LogP contribution is -2.38. The van der Waals surface area contributed by atoms with Crippen molar-refractivity contribution in [2.75, 3.05) is 11.9 Å². The first-order chi connectivity index (χ1) is 8.93. The van der Waals surface area contributed by atoms with Gasteiger partial charge in [-0.2, -0.15) is 5.26 Å². The number of rotatable bonds is 4. The van der Waals surface area contributed by atoms with Crippen LogP contribution in [0.4, 0.5) is 14.9 Å². The van der Waals surface area contributed by atoms with Crippen LogP contribution in [0.15, 0.2) is 18.2 Å². The molecular weight excluding hydrogens is 257 g/mol. The van der Waals surface area contributed by atoms with E-state index in [0.29, 0.717) is 0 Å². The minimum Gasteiger partial charge on any atom is -0.479 e. The molecule has 0 aliphatic heterocycles. The average Bonchev–Trinajstić information content (AvgIpc) is 2.37. The van der Waals surface area contributed by atoms with Gasteiger partial charge in [0.2, 0.25) is 0 Å². The third-order valence-electron chi connectivity index (χ3n) is 2.09. The molecule has 0 saturated carbocycles. The highest BCUT2D eigenvalue weighted by Crippen LogP contribution is 2.15. The van der Waals surface area contributed by atoms with Crippen molar-refractivity contribution in [2.24, 2.45) is 0 Å². The zero-order chi connectivity index (χ0) is 14.4. The van der Waals surface area contributed by atoms with E-state index >= 15 is 0 Å². The highest BCUT2D eigenvalue weighted by Gasteiger charge is 2.14. The van der Waals surface area contributed by atoms with Crippen molar-refractivity contribution in [3.63, 3.8) is 0 Å². The summed E-state index contributed by atoms with van der Waals surface area (Å²) in [4.78, 5) is 21.7. The number of nitrogens with zero attached hydrogens (tertiary/aromatic N) is 1. The molecule has 0 fully saturated rings. The first-order valence-corrected chi connectivity index (χ1v) is 5.09. The highest BCUT2D eigenvalue weighted by atomic mass is 19.1. The van der Waals surface area contributed by atoms with Crippen LogP contribution in [0.2, 0.25) is 0 Å². The molecule has 2 amide bonds. The predicted molar refractivity (Wildman–Crippen MR) is 61.8 cm³/mol. The molecule has 0 bridgehead atoms. The van der Waals surface area contributed by atoms with Crippen LogP contribution in [-0.4, -0.2) is 34.9 Å². The lowest BCUT2D eigenvalue weighted by molar-refractivity contribution is -0.146. The lowest BCUT2D eigenvalue weighted by Gasteiger charge is -2.10. The molecule has 0 aromatic heterocycles. The third-order valence-corrected chi connectivity index (χ3v) is 2.09. The number of aliphatic hydroxyl groups excluding tert-OH is 1. The maximum atomic E-state index is 12.8. The molecule has 0 unspecified atom stereocenters. The smallest absolute Gasteiger partial charge is 0.334 e. The summed E-state index contributed by atoms with van der Waals surface area (Å²) in [7, 11) is 0. The zero-order valence-corrected chi connectivity index (χ0v) is 9.55. The topological polar surface area (TPSA) is 122 Å². The normalized spacial score (nSPS) is 11.2. The van der Waals surface area contributed by atoms with Gasteiger partial charge in [0.15, 0.2) is 6.10 Å². The van der Waals surface area contributed by atoms with Crippen LogP contribution >= 0.6 is 0 Å². The first-order valence-electron chi connectivity index (χ1n) is 5.09. The second kappa shape index (κ2) is 6.32. The molecule has 8 heteroatoms. The van der Waals surface area contributed by atoms with E-state index in [4.69, 9.17) is 15.5 Å². The fourth-order valence-electron chi connectivity index (χ4n) is 1.16. The summed E-state index contributed by atoms with van der Waals surface area (Å²) in [5, 5.41) is 30.4. The van der Waals surface area contributed by atoms with Crippen LogP contribution in [0.5, 0.6) is 0 Å². The zero-order valence-electron chi connectivity index (χ0n) is 9.55. The van der Waals surface area contributed by atoms with Gasteiger partial charge in [-0.05, 0) is 18.2 Å². The Balaban J connectivity index is 2.63. The average molecular weight is 267 g/mol. The number of nitrogens with one attached hydrogen (secondary N) is 2. The maximum absolute atomic E-state index is 12.8. The predicted octanol–water partition coefficient (Wildman–Crippen LogP) is 0.264. The third kappa shape index (κ3) is 4.25. The van der Waals surface area contributed by atoms with Crippen LogP contribution in [0, 0.1) is 17.1 Å². The highest BCUT2D eigenvalue weighted by molar-refractivity contribution is 5.91. The van der Waals surface area contributed by atoms with Gasteiger partial charge in [-0.25, -0.2) is 14.0 Å². The van der Waals surface area contributed by atoms with Crippen LogP contribution in [0.25, 0.3) is 0 Å². The number of halogens is 1. The Morgan fingerprint density at radius 3 is 2.74 bits per heavy atom. The molecule has 1 rings (SSSR count). The van der Waals surface area contributed by atoms with Gasteiger partial charge >= 0.3 is 12.0 Å². The number of nitriles is 1. The molecule has 0 aliphatic carbocycles. The molecule has 0 saturated heterocycles. The lowest BCUT2D eigenvalue weighted by atomic mass is 10.2. The Bertz CT molecular complexity index is 541. The molecule has 1 aromatic rings. The van der Waals surface area contributed by atoms with Crippen molar-refractivity contribution in [1.82, 2.24) is 5.32 Å². The van der Waals surface area contributed by atoms with E-state index in [1.807, 2.05) is 0 Å². The molecule has 1 atom stereocenters. The van der Waals surface area contributed by atoms with Crippen molar-refractivity contribution in [3.05, 3.63) is 29.6 Å². The van der Waals surface area contributed by atoms with E-state index in [2.05, 4.69) is 10.6 Å². The van der Waals surface area contributed by atoms with Crippen molar-refractivity contribution in [1.29, 1.82) is 5.26 Å². The number of carboxylic acid groups (broad SMARTS) is 1. The molecule has 0 spiro atoms. The van der Waals surface area contributed by atoms with Gasteiger partial charge < -0.3 is 20.8 Å². The molecular formula is C11H10FN3O4. The number of hydrogen-bond acceptors (Lipinski definition) is 4. The number of amides is 2. The van der Waals surface area contributed by atoms with E-state index < -0.39 is 30.5 Å². The summed E-state index contributed by atoms with van der Waals surface area (Å²) in [5.41, 5.74) is 0.000137. The standard InChI is InChI=1S/C11H10FN3O4/c12-7-1-2-8(6(3-7)4-13)15-11(19)14-5-9(16)10(17)18/h1-3,9,16H,5H2,(H,17,18)(H2,14,15,19)/t9-/m0/s1. The number of hydrogen-bond donors (Lipinski definition) is 4. The first kappa shape index (κ1) is 14.4. The van der Waals surface area contributed by atoms with Gasteiger partial charge in [0.05, 0.1) is 17.8 Å². The Morgan fingerprint density at radius 2 is 2.16 bits per heavy atom. The fourth-order valence-corrected chi connectivity index (χ4v) is 1.16.